The van der Waals surface area contributed by atoms with Crippen LogP contribution in [0.25, 0.3) is 0 Å². The average molecular weight is 204 g/mol. The van der Waals surface area contributed by atoms with Crippen molar-refractivity contribution in [3.8, 4) is 0 Å². The first kappa shape index (κ1) is 13.1. The van der Waals surface area contributed by atoms with Gasteiger partial charge in [0, 0.05) is 13.2 Å². The van der Waals surface area contributed by atoms with Crippen LogP contribution in [0.2, 0.25) is 6.04 Å². The van der Waals surface area contributed by atoms with Gasteiger partial charge in [-0.15, -0.1) is 0 Å². The molecule has 0 N–H and O–H groups in total. The quantitative estimate of drug-likeness (QED) is 0.559. The van der Waals surface area contributed by atoms with Crippen molar-refractivity contribution in [1.29, 1.82) is 0 Å². The van der Waals surface area contributed by atoms with Gasteiger partial charge in [-0.25, -0.2) is 0 Å². The minimum Gasteiger partial charge on any atom is -0.394 e. The van der Waals surface area contributed by atoms with Crippen LogP contribution in [0.3, 0.4) is 0 Å². The van der Waals surface area contributed by atoms with E-state index in [-0.39, 0.29) is 0 Å². The van der Waals surface area contributed by atoms with E-state index in [0.717, 1.165) is 25.8 Å². The predicted molar refractivity (Wildman–Crippen MR) is 57.0 cm³/mol. The van der Waals surface area contributed by atoms with E-state index >= 15 is 0 Å². The molecule has 0 saturated heterocycles. The number of nitrogens with zero attached hydrogens (tertiary/aromatic N) is 1. The largest absolute Gasteiger partial charge is 0.394 e. The number of rotatable bonds is 8. The second-order valence-corrected chi connectivity index (χ2v) is 4.97. The van der Waals surface area contributed by atoms with Crippen molar-refractivity contribution in [2.45, 2.75) is 26.3 Å². The summed E-state index contributed by atoms with van der Waals surface area (Å²) in [5.74, 6) is 0. The lowest BCUT2D eigenvalue weighted by molar-refractivity contribution is 0.211. The summed E-state index contributed by atoms with van der Waals surface area (Å²) in [5.41, 5.74) is 0. The molecule has 0 aromatic carbocycles. The maximum atomic E-state index is 5.53. The first-order chi connectivity index (χ1) is 6.20. The second-order valence-electron chi connectivity index (χ2n) is 3.14. The third-order valence-corrected chi connectivity index (χ3v) is 3.58. The Bertz CT molecular complexity index is 106. The Morgan fingerprint density at radius 3 is 2.00 bits per heavy atom. The van der Waals surface area contributed by atoms with Gasteiger partial charge in [0.15, 0.2) is 0 Å². The summed E-state index contributed by atoms with van der Waals surface area (Å²) in [7, 11) is 3.21. The van der Waals surface area contributed by atoms with Crippen LogP contribution in [0.4, 0.5) is 0 Å². The Balaban J connectivity index is 3.44. The molecular formula is C9H22NO2Si. The monoisotopic (exact) mass is 204 g/mol. The van der Waals surface area contributed by atoms with Crippen LogP contribution in [0, 0.1) is 0 Å². The fourth-order valence-electron chi connectivity index (χ4n) is 1.05. The SMILES string of the molecule is CCO[Si](CCCN(C)C)OCC. The van der Waals surface area contributed by atoms with E-state index in [1.807, 2.05) is 13.8 Å². The van der Waals surface area contributed by atoms with E-state index in [1.165, 1.54) is 6.42 Å². The summed E-state index contributed by atoms with van der Waals surface area (Å²) < 4.78 is 11.1. The summed E-state index contributed by atoms with van der Waals surface area (Å²) in [4.78, 5) is 2.19. The highest BCUT2D eigenvalue weighted by Crippen LogP contribution is 2.02. The van der Waals surface area contributed by atoms with Gasteiger partial charge in [0.2, 0.25) is 0 Å². The van der Waals surface area contributed by atoms with Crippen molar-refractivity contribution in [2.75, 3.05) is 33.9 Å². The maximum absolute atomic E-state index is 5.53. The molecule has 0 bridgehead atoms. The van der Waals surface area contributed by atoms with E-state index in [9.17, 15) is 0 Å². The lowest BCUT2D eigenvalue weighted by atomic mass is 10.5. The third-order valence-electron chi connectivity index (χ3n) is 1.60. The van der Waals surface area contributed by atoms with Crippen LogP contribution in [0.15, 0.2) is 0 Å². The lowest BCUT2D eigenvalue weighted by Crippen LogP contribution is -2.24. The van der Waals surface area contributed by atoms with Crippen LogP contribution in [0.1, 0.15) is 20.3 Å². The van der Waals surface area contributed by atoms with Gasteiger partial charge in [-0.3, -0.25) is 0 Å². The zero-order chi connectivity index (χ0) is 10.1. The van der Waals surface area contributed by atoms with Gasteiger partial charge in [-0.2, -0.15) is 0 Å². The van der Waals surface area contributed by atoms with Crippen molar-refractivity contribution >= 4 is 9.28 Å². The zero-order valence-corrected chi connectivity index (χ0v) is 10.3. The summed E-state index contributed by atoms with van der Waals surface area (Å²) in [6.45, 7) is 6.71. The molecule has 0 amide bonds. The molecule has 4 heteroatoms. The Hall–Kier alpha value is 0.0969. The van der Waals surface area contributed by atoms with Crippen molar-refractivity contribution < 1.29 is 8.85 Å². The van der Waals surface area contributed by atoms with Crippen molar-refractivity contribution in [3.63, 3.8) is 0 Å². The van der Waals surface area contributed by atoms with E-state index in [2.05, 4.69) is 19.0 Å². The Labute approximate surface area is 83.9 Å². The highest BCUT2D eigenvalue weighted by Gasteiger charge is 2.13. The molecule has 3 nitrogen and oxygen atoms in total. The van der Waals surface area contributed by atoms with Gasteiger partial charge < -0.3 is 13.8 Å². The first-order valence-corrected chi connectivity index (χ1v) is 6.49. The molecule has 0 fully saturated rings. The molecule has 0 aromatic rings. The predicted octanol–water partition coefficient (Wildman–Crippen LogP) is 1.50. The van der Waals surface area contributed by atoms with E-state index in [4.69, 9.17) is 8.85 Å². The molecule has 1 radical (unpaired) electrons. The van der Waals surface area contributed by atoms with Crippen LogP contribution >= 0.6 is 0 Å². The normalized spacial score (nSPS) is 11.5. The number of hydrogen-bond acceptors (Lipinski definition) is 3. The smallest absolute Gasteiger partial charge is 0.384 e. The van der Waals surface area contributed by atoms with Gasteiger partial charge in [0.05, 0.1) is 0 Å². The molecule has 13 heavy (non-hydrogen) atoms. The maximum Gasteiger partial charge on any atom is 0.384 e. The molecule has 0 aromatic heterocycles. The van der Waals surface area contributed by atoms with Gasteiger partial charge >= 0.3 is 9.28 Å². The molecule has 0 aliphatic carbocycles. The summed E-state index contributed by atoms with van der Waals surface area (Å²) in [6, 6.07) is 1.09. The van der Waals surface area contributed by atoms with Crippen LogP contribution in [-0.2, 0) is 8.85 Å². The highest BCUT2D eigenvalue weighted by molar-refractivity contribution is 6.44. The van der Waals surface area contributed by atoms with E-state index in [1.54, 1.807) is 0 Å². The molecule has 0 spiro atoms. The van der Waals surface area contributed by atoms with Crippen molar-refractivity contribution in [2.24, 2.45) is 0 Å². The Morgan fingerprint density at radius 1 is 1.08 bits per heavy atom. The van der Waals surface area contributed by atoms with E-state index in [0.29, 0.717) is 0 Å². The summed E-state index contributed by atoms with van der Waals surface area (Å²) >= 11 is 0. The molecule has 0 saturated carbocycles. The third kappa shape index (κ3) is 8.43. The average Bonchev–Trinajstić information content (AvgIpc) is 2.04. The molecule has 0 aliphatic heterocycles. The van der Waals surface area contributed by atoms with Crippen LogP contribution < -0.4 is 0 Å². The van der Waals surface area contributed by atoms with Crippen molar-refractivity contribution in [1.82, 2.24) is 4.90 Å². The summed E-state index contributed by atoms with van der Waals surface area (Å²) in [6.07, 6.45) is 1.17. The van der Waals surface area contributed by atoms with Crippen LogP contribution in [-0.4, -0.2) is 48.0 Å². The molecule has 0 heterocycles. The first-order valence-electron chi connectivity index (χ1n) is 4.96. The fraction of sp³-hybridized carbons (Fsp3) is 1.00. The van der Waals surface area contributed by atoms with Crippen molar-refractivity contribution in [3.05, 3.63) is 0 Å². The van der Waals surface area contributed by atoms with Crippen LogP contribution in [0.5, 0.6) is 0 Å². The molecular weight excluding hydrogens is 182 g/mol. The molecule has 0 rings (SSSR count). The van der Waals surface area contributed by atoms with Gasteiger partial charge in [-0.05, 0) is 47.0 Å². The molecule has 0 unspecified atom stereocenters. The minimum absolute atomic E-state index is 0.774. The topological polar surface area (TPSA) is 21.7 Å². The Kier molecular flexibility index (Phi) is 8.75. The number of hydrogen-bond donors (Lipinski definition) is 0. The Morgan fingerprint density at radius 2 is 1.62 bits per heavy atom. The standard InChI is InChI=1S/C9H22NO2Si/c1-5-11-13(12-6-2)9-7-8-10(3)4/h5-9H2,1-4H3. The molecule has 0 atom stereocenters. The van der Waals surface area contributed by atoms with E-state index < -0.39 is 9.28 Å². The van der Waals surface area contributed by atoms with Gasteiger partial charge in [-0.1, -0.05) is 0 Å². The molecule has 79 valence electrons. The minimum atomic E-state index is -0.969. The van der Waals surface area contributed by atoms with Gasteiger partial charge in [0.25, 0.3) is 0 Å². The highest BCUT2D eigenvalue weighted by atomic mass is 28.3. The zero-order valence-electron chi connectivity index (χ0n) is 9.30. The molecule has 0 aliphatic rings. The van der Waals surface area contributed by atoms with Gasteiger partial charge in [0.1, 0.15) is 0 Å². The lowest BCUT2D eigenvalue weighted by Gasteiger charge is -2.14. The summed E-state index contributed by atoms with van der Waals surface area (Å²) in [5, 5.41) is 0. The second kappa shape index (κ2) is 8.68. The fourth-order valence-corrected chi connectivity index (χ4v) is 2.51.